The van der Waals surface area contributed by atoms with E-state index in [2.05, 4.69) is 11.8 Å². The first-order chi connectivity index (χ1) is 6.38. The van der Waals surface area contributed by atoms with Crippen molar-refractivity contribution in [3.63, 3.8) is 0 Å². The minimum absolute atomic E-state index is 0.824. The summed E-state index contributed by atoms with van der Waals surface area (Å²) in [7, 11) is 0. The van der Waals surface area contributed by atoms with Crippen LogP contribution in [0.1, 0.15) is 45.4 Å². The van der Waals surface area contributed by atoms with E-state index in [1.54, 1.807) is 0 Å². The van der Waals surface area contributed by atoms with Gasteiger partial charge >= 0.3 is 0 Å². The molecule has 2 N–H and O–H groups in total. The van der Waals surface area contributed by atoms with E-state index in [4.69, 9.17) is 5.73 Å². The Morgan fingerprint density at radius 3 is 2.92 bits per heavy atom. The third kappa shape index (κ3) is 3.65. The molecule has 1 heterocycles. The molecular weight excluding hydrogens is 160 g/mol. The number of nitrogens with zero attached hydrogens (tertiary/aromatic N) is 1. The first-order valence-corrected chi connectivity index (χ1v) is 5.82. The van der Waals surface area contributed by atoms with Gasteiger partial charge in [-0.2, -0.15) is 0 Å². The molecule has 0 saturated carbocycles. The lowest BCUT2D eigenvalue weighted by Crippen LogP contribution is -2.33. The van der Waals surface area contributed by atoms with Crippen molar-refractivity contribution in [2.75, 3.05) is 19.6 Å². The van der Waals surface area contributed by atoms with Gasteiger partial charge in [0.15, 0.2) is 0 Å². The van der Waals surface area contributed by atoms with Crippen LogP contribution in [0, 0.1) is 0 Å². The van der Waals surface area contributed by atoms with E-state index in [9.17, 15) is 0 Å². The van der Waals surface area contributed by atoms with E-state index in [1.165, 1.54) is 45.1 Å². The van der Waals surface area contributed by atoms with Crippen LogP contribution in [-0.2, 0) is 0 Å². The molecule has 1 atom stereocenters. The van der Waals surface area contributed by atoms with Gasteiger partial charge in [0.1, 0.15) is 0 Å². The second-order valence-electron chi connectivity index (χ2n) is 4.12. The molecule has 1 rings (SSSR count). The fraction of sp³-hybridized carbons (Fsp3) is 1.00. The van der Waals surface area contributed by atoms with Gasteiger partial charge in [0.2, 0.25) is 0 Å². The Hall–Kier alpha value is -0.0800. The Bertz CT molecular complexity index is 125. The first kappa shape index (κ1) is 11.0. The van der Waals surface area contributed by atoms with Crippen LogP contribution in [0.3, 0.4) is 0 Å². The smallest absolute Gasteiger partial charge is 0.0108 e. The number of unbranched alkanes of at least 4 members (excludes halogenated alkanes) is 2. The zero-order valence-electron chi connectivity index (χ0n) is 8.97. The minimum atomic E-state index is 0.824. The third-order valence-corrected chi connectivity index (χ3v) is 3.06. The van der Waals surface area contributed by atoms with E-state index in [0.29, 0.717) is 0 Å². The van der Waals surface area contributed by atoms with Crippen molar-refractivity contribution in [3.05, 3.63) is 0 Å². The number of hydrogen-bond donors (Lipinski definition) is 1. The molecule has 1 saturated heterocycles. The number of nitrogens with two attached hydrogens (primary N) is 1. The van der Waals surface area contributed by atoms with E-state index in [1.807, 2.05) is 0 Å². The summed E-state index contributed by atoms with van der Waals surface area (Å²) in [5.41, 5.74) is 5.58. The van der Waals surface area contributed by atoms with Crippen molar-refractivity contribution in [3.8, 4) is 0 Å². The maximum atomic E-state index is 5.58. The van der Waals surface area contributed by atoms with Crippen molar-refractivity contribution in [1.29, 1.82) is 0 Å². The standard InChI is InChI=1S/C11H24N2/c1-2-3-4-6-11-7-5-9-13(11)10-8-12/h11H,2-10,12H2,1H3. The van der Waals surface area contributed by atoms with Gasteiger partial charge in [0.25, 0.3) is 0 Å². The summed E-state index contributed by atoms with van der Waals surface area (Å²) >= 11 is 0. The molecule has 2 nitrogen and oxygen atoms in total. The van der Waals surface area contributed by atoms with Crippen molar-refractivity contribution >= 4 is 0 Å². The van der Waals surface area contributed by atoms with Crippen LogP contribution in [0.5, 0.6) is 0 Å². The lowest BCUT2D eigenvalue weighted by molar-refractivity contribution is 0.245. The van der Waals surface area contributed by atoms with Crippen LogP contribution in [0.2, 0.25) is 0 Å². The van der Waals surface area contributed by atoms with Gasteiger partial charge in [-0.15, -0.1) is 0 Å². The second-order valence-corrected chi connectivity index (χ2v) is 4.12. The van der Waals surface area contributed by atoms with Crippen molar-refractivity contribution < 1.29 is 0 Å². The molecule has 0 aromatic carbocycles. The number of hydrogen-bond acceptors (Lipinski definition) is 2. The van der Waals surface area contributed by atoms with Crippen LogP contribution in [0.4, 0.5) is 0 Å². The Kier molecular flexibility index (Phi) is 5.40. The van der Waals surface area contributed by atoms with Crippen LogP contribution in [0.25, 0.3) is 0 Å². The monoisotopic (exact) mass is 184 g/mol. The Labute approximate surface area is 82.5 Å². The number of rotatable bonds is 6. The Morgan fingerprint density at radius 1 is 1.38 bits per heavy atom. The maximum absolute atomic E-state index is 5.58. The van der Waals surface area contributed by atoms with Crippen LogP contribution < -0.4 is 5.73 Å². The van der Waals surface area contributed by atoms with E-state index >= 15 is 0 Å². The molecule has 13 heavy (non-hydrogen) atoms. The highest BCUT2D eigenvalue weighted by atomic mass is 15.2. The molecule has 1 aliphatic heterocycles. The summed E-state index contributed by atoms with van der Waals surface area (Å²) in [5, 5.41) is 0. The normalized spacial score (nSPS) is 24.0. The Balaban J connectivity index is 2.15. The van der Waals surface area contributed by atoms with Crippen molar-refractivity contribution in [2.24, 2.45) is 5.73 Å². The van der Waals surface area contributed by atoms with Crippen LogP contribution in [-0.4, -0.2) is 30.6 Å². The molecule has 78 valence electrons. The molecular formula is C11H24N2. The maximum Gasteiger partial charge on any atom is 0.0108 e. The highest BCUT2D eigenvalue weighted by Crippen LogP contribution is 2.21. The molecule has 0 amide bonds. The average molecular weight is 184 g/mol. The molecule has 0 aromatic rings. The molecule has 0 spiro atoms. The molecule has 0 bridgehead atoms. The zero-order valence-corrected chi connectivity index (χ0v) is 8.97. The highest BCUT2D eigenvalue weighted by molar-refractivity contribution is 4.78. The van der Waals surface area contributed by atoms with E-state index in [-0.39, 0.29) is 0 Å². The largest absolute Gasteiger partial charge is 0.329 e. The van der Waals surface area contributed by atoms with Crippen LogP contribution >= 0.6 is 0 Å². The van der Waals surface area contributed by atoms with Crippen LogP contribution in [0.15, 0.2) is 0 Å². The third-order valence-electron chi connectivity index (χ3n) is 3.06. The van der Waals surface area contributed by atoms with E-state index in [0.717, 1.165) is 19.1 Å². The molecule has 1 fully saturated rings. The zero-order chi connectivity index (χ0) is 9.52. The SMILES string of the molecule is CCCCCC1CCCN1CCN. The van der Waals surface area contributed by atoms with Crippen molar-refractivity contribution in [1.82, 2.24) is 4.90 Å². The summed E-state index contributed by atoms with van der Waals surface area (Å²) in [6.07, 6.45) is 8.33. The molecule has 0 aliphatic carbocycles. The van der Waals surface area contributed by atoms with Gasteiger partial charge in [0, 0.05) is 19.1 Å². The van der Waals surface area contributed by atoms with Gasteiger partial charge in [-0.05, 0) is 25.8 Å². The van der Waals surface area contributed by atoms with Gasteiger partial charge < -0.3 is 5.73 Å². The fourth-order valence-electron chi connectivity index (χ4n) is 2.31. The Morgan fingerprint density at radius 2 is 2.23 bits per heavy atom. The fourth-order valence-corrected chi connectivity index (χ4v) is 2.31. The topological polar surface area (TPSA) is 29.3 Å². The lowest BCUT2D eigenvalue weighted by atomic mass is 10.1. The summed E-state index contributed by atoms with van der Waals surface area (Å²) in [6.45, 7) is 5.49. The summed E-state index contributed by atoms with van der Waals surface area (Å²) in [4.78, 5) is 2.58. The minimum Gasteiger partial charge on any atom is -0.329 e. The van der Waals surface area contributed by atoms with E-state index < -0.39 is 0 Å². The lowest BCUT2D eigenvalue weighted by Gasteiger charge is -2.23. The molecule has 0 radical (unpaired) electrons. The molecule has 0 aromatic heterocycles. The predicted octanol–water partition coefficient (Wildman–Crippen LogP) is 1.99. The summed E-state index contributed by atoms with van der Waals surface area (Å²) < 4.78 is 0. The summed E-state index contributed by atoms with van der Waals surface area (Å²) in [6, 6.07) is 0.857. The van der Waals surface area contributed by atoms with Gasteiger partial charge in [0.05, 0.1) is 0 Å². The second kappa shape index (κ2) is 6.39. The predicted molar refractivity (Wildman–Crippen MR) is 57.8 cm³/mol. The van der Waals surface area contributed by atoms with Gasteiger partial charge in [-0.3, -0.25) is 4.90 Å². The molecule has 2 heteroatoms. The summed E-state index contributed by atoms with van der Waals surface area (Å²) in [5.74, 6) is 0. The van der Waals surface area contributed by atoms with Crippen molar-refractivity contribution in [2.45, 2.75) is 51.5 Å². The highest BCUT2D eigenvalue weighted by Gasteiger charge is 2.22. The van der Waals surface area contributed by atoms with Gasteiger partial charge in [-0.1, -0.05) is 26.2 Å². The number of likely N-dealkylation sites (tertiary alicyclic amines) is 1. The quantitative estimate of drug-likeness (QED) is 0.640. The molecule has 1 aliphatic rings. The first-order valence-electron chi connectivity index (χ1n) is 5.82. The van der Waals surface area contributed by atoms with Gasteiger partial charge in [-0.25, -0.2) is 0 Å². The molecule has 1 unspecified atom stereocenters. The average Bonchev–Trinajstić information content (AvgIpc) is 2.54.